The van der Waals surface area contributed by atoms with E-state index in [1.807, 2.05) is 19.9 Å². The molecule has 2 rings (SSSR count). The minimum atomic E-state index is -0.454. The SMILES string of the molecule is C=NC(=N)c1c(C(=O)Nc2ccc(CC(=O)N(C)C)c(C)c2C)nn(C)c1NC. The van der Waals surface area contributed by atoms with Gasteiger partial charge in [0.15, 0.2) is 11.5 Å². The fourth-order valence-electron chi connectivity index (χ4n) is 2.98. The lowest BCUT2D eigenvalue weighted by Crippen LogP contribution is -2.24. The molecule has 0 aliphatic carbocycles. The number of hydrogen-bond acceptors (Lipinski definition) is 5. The van der Waals surface area contributed by atoms with Crippen LogP contribution >= 0.6 is 0 Å². The summed E-state index contributed by atoms with van der Waals surface area (Å²) in [5.41, 5.74) is 3.70. The van der Waals surface area contributed by atoms with Gasteiger partial charge < -0.3 is 15.5 Å². The molecule has 0 saturated heterocycles. The van der Waals surface area contributed by atoms with E-state index < -0.39 is 5.91 Å². The molecule has 1 aromatic heterocycles. The molecule has 29 heavy (non-hydrogen) atoms. The smallest absolute Gasteiger partial charge is 0.277 e. The highest BCUT2D eigenvalue weighted by Gasteiger charge is 2.25. The van der Waals surface area contributed by atoms with E-state index in [1.54, 1.807) is 39.2 Å². The molecule has 2 aromatic rings. The maximum Gasteiger partial charge on any atom is 0.277 e. The Labute approximate surface area is 170 Å². The molecular formula is C20H27N7O2. The van der Waals surface area contributed by atoms with Crippen LogP contribution in [0, 0.1) is 19.3 Å². The number of anilines is 2. The maximum atomic E-state index is 12.9. The van der Waals surface area contributed by atoms with Crippen LogP contribution in [-0.2, 0) is 18.3 Å². The topological polar surface area (TPSA) is 115 Å². The summed E-state index contributed by atoms with van der Waals surface area (Å²) in [6.07, 6.45) is 0.298. The maximum absolute atomic E-state index is 12.9. The van der Waals surface area contributed by atoms with Crippen molar-refractivity contribution in [3.05, 3.63) is 40.1 Å². The Bertz CT molecular complexity index is 989. The molecule has 1 heterocycles. The monoisotopic (exact) mass is 397 g/mol. The Morgan fingerprint density at radius 2 is 1.93 bits per heavy atom. The van der Waals surface area contributed by atoms with Crippen molar-refractivity contribution < 1.29 is 9.59 Å². The number of aliphatic imine (C=N–C) groups is 1. The molecule has 154 valence electrons. The van der Waals surface area contributed by atoms with Gasteiger partial charge in [-0.15, -0.1) is 0 Å². The van der Waals surface area contributed by atoms with E-state index in [4.69, 9.17) is 5.41 Å². The number of amides is 2. The Hall–Kier alpha value is -3.49. The fourth-order valence-corrected chi connectivity index (χ4v) is 2.98. The highest BCUT2D eigenvalue weighted by Crippen LogP contribution is 2.25. The van der Waals surface area contributed by atoms with Gasteiger partial charge in [-0.05, 0) is 43.3 Å². The highest BCUT2D eigenvalue weighted by molar-refractivity contribution is 6.15. The average molecular weight is 397 g/mol. The Kier molecular flexibility index (Phi) is 6.53. The number of hydrogen-bond donors (Lipinski definition) is 3. The molecular weight excluding hydrogens is 370 g/mol. The number of rotatable bonds is 6. The van der Waals surface area contributed by atoms with Crippen LogP contribution in [0.25, 0.3) is 0 Å². The highest BCUT2D eigenvalue weighted by atomic mass is 16.2. The molecule has 0 radical (unpaired) electrons. The molecule has 0 bridgehead atoms. The first-order valence-corrected chi connectivity index (χ1v) is 9.03. The van der Waals surface area contributed by atoms with Crippen molar-refractivity contribution in [1.29, 1.82) is 5.41 Å². The number of likely N-dealkylation sites (N-methyl/N-ethyl adjacent to an activating group) is 1. The fraction of sp³-hybridized carbons (Fsp3) is 0.350. The van der Waals surface area contributed by atoms with Gasteiger partial charge in [0.05, 0.1) is 12.0 Å². The zero-order valence-corrected chi connectivity index (χ0v) is 17.7. The second-order valence-electron chi connectivity index (χ2n) is 6.89. The zero-order chi connectivity index (χ0) is 21.9. The van der Waals surface area contributed by atoms with Crippen LogP contribution in [0.1, 0.15) is 32.7 Å². The predicted molar refractivity (Wildman–Crippen MR) is 115 cm³/mol. The van der Waals surface area contributed by atoms with Crippen LogP contribution in [0.3, 0.4) is 0 Å². The number of carbonyl (C=O) groups excluding carboxylic acids is 2. The van der Waals surface area contributed by atoms with Gasteiger partial charge in [-0.25, -0.2) is 4.99 Å². The van der Waals surface area contributed by atoms with Crippen LogP contribution in [-0.4, -0.2) is 60.2 Å². The minimum Gasteiger partial charge on any atom is -0.373 e. The summed E-state index contributed by atoms with van der Waals surface area (Å²) in [4.78, 5) is 30.1. The molecule has 2 amide bonds. The van der Waals surface area contributed by atoms with Crippen molar-refractivity contribution in [3.63, 3.8) is 0 Å². The third-order valence-corrected chi connectivity index (χ3v) is 4.88. The first-order valence-electron chi connectivity index (χ1n) is 9.03. The van der Waals surface area contributed by atoms with Crippen LogP contribution < -0.4 is 10.6 Å². The molecule has 0 unspecified atom stereocenters. The Morgan fingerprint density at radius 1 is 1.28 bits per heavy atom. The summed E-state index contributed by atoms with van der Waals surface area (Å²) in [6, 6.07) is 3.61. The lowest BCUT2D eigenvalue weighted by atomic mass is 9.98. The van der Waals surface area contributed by atoms with Crippen LogP contribution in [0.4, 0.5) is 11.5 Å². The van der Waals surface area contributed by atoms with Crippen molar-refractivity contribution in [2.45, 2.75) is 20.3 Å². The third-order valence-electron chi connectivity index (χ3n) is 4.88. The summed E-state index contributed by atoms with van der Waals surface area (Å²) in [7, 11) is 6.80. The van der Waals surface area contributed by atoms with Crippen molar-refractivity contribution in [2.75, 3.05) is 31.8 Å². The van der Waals surface area contributed by atoms with Crippen molar-refractivity contribution in [2.24, 2.45) is 12.0 Å². The molecule has 1 aromatic carbocycles. The minimum absolute atomic E-state index is 0.0115. The molecule has 0 aliphatic heterocycles. The second kappa shape index (κ2) is 8.68. The second-order valence-corrected chi connectivity index (χ2v) is 6.89. The molecule has 3 N–H and O–H groups in total. The molecule has 0 aliphatic rings. The lowest BCUT2D eigenvalue weighted by Gasteiger charge is -2.16. The largest absolute Gasteiger partial charge is 0.373 e. The number of aryl methyl sites for hydroxylation is 1. The van der Waals surface area contributed by atoms with Crippen LogP contribution in [0.2, 0.25) is 0 Å². The molecule has 9 nitrogen and oxygen atoms in total. The van der Waals surface area contributed by atoms with Gasteiger partial charge in [0.2, 0.25) is 5.91 Å². The van der Waals surface area contributed by atoms with E-state index in [-0.39, 0.29) is 23.0 Å². The van der Waals surface area contributed by atoms with Gasteiger partial charge in [0, 0.05) is 33.9 Å². The van der Waals surface area contributed by atoms with Crippen molar-refractivity contribution in [1.82, 2.24) is 14.7 Å². The number of amidine groups is 1. The number of carbonyl (C=O) groups is 2. The van der Waals surface area contributed by atoms with E-state index >= 15 is 0 Å². The zero-order valence-electron chi connectivity index (χ0n) is 17.7. The van der Waals surface area contributed by atoms with E-state index in [2.05, 4.69) is 27.4 Å². The van der Waals surface area contributed by atoms with Gasteiger partial charge in [-0.2, -0.15) is 5.10 Å². The summed E-state index contributed by atoms with van der Waals surface area (Å²) in [5.74, 6) is -0.0846. The number of nitrogens with one attached hydrogen (secondary N) is 3. The quantitative estimate of drug-likeness (QED) is 0.511. The normalized spacial score (nSPS) is 10.4. The van der Waals surface area contributed by atoms with E-state index in [9.17, 15) is 9.59 Å². The van der Waals surface area contributed by atoms with E-state index in [0.717, 1.165) is 16.7 Å². The van der Waals surface area contributed by atoms with Crippen molar-refractivity contribution >= 4 is 35.9 Å². The molecule has 0 spiro atoms. The average Bonchev–Trinajstić information content (AvgIpc) is 3.03. The molecule has 0 atom stereocenters. The van der Waals surface area contributed by atoms with Crippen molar-refractivity contribution in [3.8, 4) is 0 Å². The van der Waals surface area contributed by atoms with Crippen LogP contribution in [0.5, 0.6) is 0 Å². The molecule has 0 fully saturated rings. The van der Waals surface area contributed by atoms with E-state index in [0.29, 0.717) is 17.9 Å². The van der Waals surface area contributed by atoms with Gasteiger partial charge >= 0.3 is 0 Å². The van der Waals surface area contributed by atoms with Gasteiger partial charge in [0.25, 0.3) is 5.91 Å². The predicted octanol–water partition coefficient (Wildman–Crippen LogP) is 1.99. The van der Waals surface area contributed by atoms with E-state index in [1.165, 1.54) is 4.68 Å². The molecule has 9 heteroatoms. The third kappa shape index (κ3) is 4.34. The summed E-state index contributed by atoms with van der Waals surface area (Å²) < 4.78 is 1.48. The summed E-state index contributed by atoms with van der Waals surface area (Å²) in [6.45, 7) is 7.19. The first kappa shape index (κ1) is 21.8. The first-order chi connectivity index (χ1) is 13.6. The van der Waals surface area contributed by atoms with Gasteiger partial charge in [-0.1, -0.05) is 6.07 Å². The lowest BCUT2D eigenvalue weighted by molar-refractivity contribution is -0.127. The van der Waals surface area contributed by atoms with Crippen LogP contribution in [0.15, 0.2) is 17.1 Å². The van der Waals surface area contributed by atoms with Gasteiger partial charge in [-0.3, -0.25) is 19.7 Å². The summed E-state index contributed by atoms with van der Waals surface area (Å²) >= 11 is 0. The standard InChI is InChI=1S/C20H27N7O2/c1-11-12(2)14(9-8-13(11)10-15(28)26(5)6)24-20(29)17-16(18(21)22-3)19(23-4)27(7)25-17/h8-9,21,23H,3,10H2,1-2,4-7H3,(H,24,29). The number of aromatic nitrogens is 2. The Balaban J connectivity index is 2.37. The summed E-state index contributed by atoms with van der Waals surface area (Å²) in [5, 5.41) is 18.0. The molecule has 0 saturated carbocycles. The number of benzene rings is 1. The Morgan fingerprint density at radius 3 is 2.48 bits per heavy atom. The number of nitrogens with zero attached hydrogens (tertiary/aromatic N) is 4. The van der Waals surface area contributed by atoms with Gasteiger partial charge in [0.1, 0.15) is 5.82 Å².